The third-order valence-electron chi connectivity index (χ3n) is 0.770. The molecule has 0 aliphatic rings. The predicted octanol–water partition coefficient (Wildman–Crippen LogP) is 1.04. The Bertz CT molecular complexity index is 191. The van der Waals surface area contributed by atoms with Crippen LogP contribution in [-0.2, 0) is 4.79 Å². The van der Waals surface area contributed by atoms with Crippen molar-refractivity contribution in [2.75, 3.05) is 0 Å². The third kappa shape index (κ3) is 3.36. The minimum atomic E-state index is -0.919. The van der Waals surface area contributed by atoms with E-state index in [4.69, 9.17) is 5.11 Å². The molecule has 0 spiro atoms. The zero-order chi connectivity index (χ0) is 7.28. The monoisotopic (exact) mass is 124 g/mol. The van der Waals surface area contributed by atoms with Crippen molar-refractivity contribution < 1.29 is 9.90 Å². The summed E-state index contributed by atoms with van der Waals surface area (Å²) in [5.41, 5.74) is 0.268. The molecular formula is C7H8O2. The number of hydrogen-bond acceptors (Lipinski definition) is 1. The number of allylic oxidation sites excluding steroid dienone is 1. The fourth-order valence-corrected chi connectivity index (χ4v) is 0.242. The van der Waals surface area contributed by atoms with E-state index in [1.807, 2.05) is 0 Å². The van der Waals surface area contributed by atoms with Crippen molar-refractivity contribution in [1.82, 2.24) is 0 Å². The lowest BCUT2D eigenvalue weighted by atomic mass is 10.3. The van der Waals surface area contributed by atoms with E-state index >= 15 is 0 Å². The van der Waals surface area contributed by atoms with Crippen LogP contribution < -0.4 is 0 Å². The summed E-state index contributed by atoms with van der Waals surface area (Å²) in [6.45, 7) is 3.16. The van der Waals surface area contributed by atoms with Crippen molar-refractivity contribution in [2.24, 2.45) is 0 Å². The van der Waals surface area contributed by atoms with Gasteiger partial charge in [0, 0.05) is 5.57 Å². The number of carboxylic acids is 1. The van der Waals surface area contributed by atoms with Crippen LogP contribution in [0.5, 0.6) is 0 Å². The molecule has 0 aromatic heterocycles. The van der Waals surface area contributed by atoms with E-state index in [2.05, 4.69) is 11.8 Å². The van der Waals surface area contributed by atoms with Gasteiger partial charge < -0.3 is 5.11 Å². The summed E-state index contributed by atoms with van der Waals surface area (Å²) in [6, 6.07) is 0. The second-order valence-electron chi connectivity index (χ2n) is 1.53. The highest BCUT2D eigenvalue weighted by molar-refractivity contribution is 5.86. The smallest absolute Gasteiger partial charge is 0.331 e. The van der Waals surface area contributed by atoms with Gasteiger partial charge >= 0.3 is 5.97 Å². The Labute approximate surface area is 54.2 Å². The second kappa shape index (κ2) is 3.73. The number of hydrogen-bond donors (Lipinski definition) is 1. The van der Waals surface area contributed by atoms with Gasteiger partial charge in [-0.05, 0) is 19.9 Å². The molecule has 0 aliphatic carbocycles. The summed E-state index contributed by atoms with van der Waals surface area (Å²) in [5.74, 6) is 4.18. The van der Waals surface area contributed by atoms with E-state index in [-0.39, 0.29) is 5.57 Å². The van der Waals surface area contributed by atoms with Gasteiger partial charge in [0.15, 0.2) is 0 Å². The highest BCUT2D eigenvalue weighted by Crippen LogP contribution is 1.88. The van der Waals surface area contributed by atoms with Crippen molar-refractivity contribution in [3.05, 3.63) is 11.6 Å². The van der Waals surface area contributed by atoms with Crippen molar-refractivity contribution in [1.29, 1.82) is 0 Å². The number of aliphatic carboxylic acids is 1. The van der Waals surface area contributed by atoms with Crippen LogP contribution in [0.2, 0.25) is 0 Å². The second-order valence-corrected chi connectivity index (χ2v) is 1.53. The van der Waals surface area contributed by atoms with E-state index in [1.165, 1.54) is 13.0 Å². The van der Waals surface area contributed by atoms with E-state index in [9.17, 15) is 4.79 Å². The van der Waals surface area contributed by atoms with E-state index in [0.717, 1.165) is 0 Å². The van der Waals surface area contributed by atoms with E-state index in [1.54, 1.807) is 6.92 Å². The van der Waals surface area contributed by atoms with Crippen LogP contribution in [0.25, 0.3) is 0 Å². The first kappa shape index (κ1) is 7.77. The maximum absolute atomic E-state index is 10.1. The van der Waals surface area contributed by atoms with Crippen LogP contribution >= 0.6 is 0 Å². The molecule has 48 valence electrons. The van der Waals surface area contributed by atoms with Crippen molar-refractivity contribution in [2.45, 2.75) is 13.8 Å². The molecule has 0 unspecified atom stereocenters. The zero-order valence-electron chi connectivity index (χ0n) is 5.43. The van der Waals surface area contributed by atoms with Gasteiger partial charge in [-0.3, -0.25) is 0 Å². The molecule has 1 N–H and O–H groups in total. The van der Waals surface area contributed by atoms with Gasteiger partial charge in [0.25, 0.3) is 0 Å². The summed E-state index contributed by atoms with van der Waals surface area (Å²) < 4.78 is 0. The maximum atomic E-state index is 10.1. The molecule has 9 heavy (non-hydrogen) atoms. The molecule has 0 fully saturated rings. The van der Waals surface area contributed by atoms with Gasteiger partial charge in [0.2, 0.25) is 0 Å². The third-order valence-corrected chi connectivity index (χ3v) is 0.770. The average molecular weight is 124 g/mol. The van der Waals surface area contributed by atoms with Crippen molar-refractivity contribution in [3.8, 4) is 11.8 Å². The highest BCUT2D eigenvalue weighted by Gasteiger charge is 1.94. The van der Waals surface area contributed by atoms with Gasteiger partial charge in [-0.15, -0.1) is 5.92 Å². The molecule has 0 saturated carbocycles. The Morgan fingerprint density at radius 2 is 2.22 bits per heavy atom. The highest BCUT2D eigenvalue weighted by atomic mass is 16.4. The van der Waals surface area contributed by atoms with Crippen molar-refractivity contribution >= 4 is 5.97 Å². The average Bonchev–Trinajstić information content (AvgIpc) is 1.82. The molecule has 0 heterocycles. The minimum Gasteiger partial charge on any atom is -0.478 e. The number of carboxylic acid groups (broad SMARTS) is 1. The molecule has 0 amide bonds. The van der Waals surface area contributed by atoms with Crippen molar-refractivity contribution in [3.63, 3.8) is 0 Å². The lowest BCUT2D eigenvalue weighted by Crippen LogP contribution is -1.94. The van der Waals surface area contributed by atoms with Gasteiger partial charge in [-0.25, -0.2) is 4.79 Å². The summed E-state index contributed by atoms with van der Waals surface area (Å²) >= 11 is 0. The largest absolute Gasteiger partial charge is 0.478 e. The van der Waals surface area contributed by atoms with Gasteiger partial charge in [0.1, 0.15) is 0 Å². The molecule has 2 heteroatoms. The fraction of sp³-hybridized carbons (Fsp3) is 0.286. The Morgan fingerprint density at radius 1 is 1.67 bits per heavy atom. The molecule has 0 atom stereocenters. The molecule has 0 aromatic carbocycles. The van der Waals surface area contributed by atoms with E-state index < -0.39 is 5.97 Å². The SMILES string of the molecule is CC#C/C=C(/C)C(=O)O. The molecule has 0 bridgehead atoms. The Morgan fingerprint density at radius 3 is 2.56 bits per heavy atom. The van der Waals surface area contributed by atoms with Crippen LogP contribution in [0.15, 0.2) is 11.6 Å². The molecule has 0 radical (unpaired) electrons. The quantitative estimate of drug-likeness (QED) is 0.419. The number of rotatable bonds is 1. The van der Waals surface area contributed by atoms with Gasteiger partial charge in [0.05, 0.1) is 0 Å². The van der Waals surface area contributed by atoms with Crippen LogP contribution in [0.1, 0.15) is 13.8 Å². The summed E-state index contributed by atoms with van der Waals surface area (Å²) in [4.78, 5) is 10.1. The zero-order valence-corrected chi connectivity index (χ0v) is 5.43. The summed E-state index contributed by atoms with van der Waals surface area (Å²) in [6.07, 6.45) is 1.38. The molecule has 0 aromatic rings. The van der Waals surface area contributed by atoms with Crippen LogP contribution in [-0.4, -0.2) is 11.1 Å². The van der Waals surface area contributed by atoms with Crippen LogP contribution in [0.4, 0.5) is 0 Å². The standard InChI is InChI=1S/C7H8O2/c1-3-4-5-6(2)7(8)9/h5H,1-2H3,(H,8,9)/b6-5-. The Hall–Kier alpha value is -1.23. The van der Waals surface area contributed by atoms with Crippen LogP contribution in [0, 0.1) is 11.8 Å². The fourth-order valence-electron chi connectivity index (χ4n) is 0.242. The maximum Gasteiger partial charge on any atom is 0.331 e. The number of carbonyl (C=O) groups is 1. The molecule has 0 saturated heterocycles. The normalized spacial score (nSPS) is 9.78. The molecule has 0 aliphatic heterocycles. The molecule has 2 nitrogen and oxygen atoms in total. The first-order valence-corrected chi connectivity index (χ1v) is 2.51. The minimum absolute atomic E-state index is 0.268. The first-order valence-electron chi connectivity index (χ1n) is 2.51. The summed E-state index contributed by atoms with van der Waals surface area (Å²) in [7, 11) is 0. The first-order chi connectivity index (χ1) is 4.18. The molecule has 0 rings (SSSR count). The molecular weight excluding hydrogens is 116 g/mol. The van der Waals surface area contributed by atoms with Gasteiger partial charge in [-0.1, -0.05) is 5.92 Å². The lowest BCUT2D eigenvalue weighted by molar-refractivity contribution is -0.132. The Kier molecular flexibility index (Phi) is 3.22. The topological polar surface area (TPSA) is 37.3 Å². The summed E-state index contributed by atoms with van der Waals surface area (Å²) in [5, 5.41) is 8.27. The van der Waals surface area contributed by atoms with Crippen LogP contribution in [0.3, 0.4) is 0 Å². The van der Waals surface area contributed by atoms with E-state index in [0.29, 0.717) is 0 Å². The van der Waals surface area contributed by atoms with Gasteiger partial charge in [-0.2, -0.15) is 0 Å². The Balaban J connectivity index is 4.11. The lowest BCUT2D eigenvalue weighted by Gasteiger charge is -1.84. The predicted molar refractivity (Wildman–Crippen MR) is 34.8 cm³/mol.